The highest BCUT2D eigenvalue weighted by Crippen LogP contribution is 2.33. The number of piperidine rings is 1. The molecule has 2 aliphatic rings. The van der Waals surface area contributed by atoms with E-state index < -0.39 is 0 Å². The minimum atomic E-state index is -0.00636. The third-order valence-electron chi connectivity index (χ3n) is 4.34. The molecule has 2 N–H and O–H groups in total. The summed E-state index contributed by atoms with van der Waals surface area (Å²) in [7, 11) is 0. The minimum absolute atomic E-state index is 0.00636. The fourth-order valence-corrected chi connectivity index (χ4v) is 3.29. The van der Waals surface area contributed by atoms with Crippen molar-refractivity contribution in [3.63, 3.8) is 0 Å². The minimum Gasteiger partial charge on any atom is -0.330 e. The Kier molecular flexibility index (Phi) is 4.95. The molecule has 2 rings (SSSR count). The molecule has 1 saturated heterocycles. The van der Waals surface area contributed by atoms with Crippen LogP contribution in [0.25, 0.3) is 0 Å². The third-order valence-corrected chi connectivity index (χ3v) is 4.34. The van der Waals surface area contributed by atoms with E-state index >= 15 is 0 Å². The van der Waals surface area contributed by atoms with E-state index in [1.807, 2.05) is 6.21 Å². The lowest BCUT2D eigenvalue weighted by molar-refractivity contribution is 0.0807. The second-order valence-electron chi connectivity index (χ2n) is 5.63. The molecular formula is C15H27N3. The van der Waals surface area contributed by atoms with Gasteiger partial charge in [-0.3, -0.25) is 9.89 Å². The Balaban J connectivity index is 1.88. The van der Waals surface area contributed by atoms with Gasteiger partial charge in [0.05, 0.1) is 0 Å². The third kappa shape index (κ3) is 3.01. The molecule has 0 bridgehead atoms. The molecule has 1 fully saturated rings. The van der Waals surface area contributed by atoms with E-state index in [2.05, 4.69) is 24.0 Å². The molecule has 1 unspecified atom stereocenters. The molecule has 3 heteroatoms. The second kappa shape index (κ2) is 6.48. The Hall–Kier alpha value is -0.670. The number of allylic oxidation sites excluding steroid dienone is 1. The number of likely N-dealkylation sites (tertiary alicyclic amines) is 1. The van der Waals surface area contributed by atoms with Crippen LogP contribution in [0, 0.1) is 5.92 Å². The van der Waals surface area contributed by atoms with Crippen molar-refractivity contribution < 1.29 is 0 Å². The first-order chi connectivity index (χ1) is 8.80. The van der Waals surface area contributed by atoms with Gasteiger partial charge in [0.1, 0.15) is 5.66 Å². The molecule has 0 radical (unpaired) electrons. The molecule has 18 heavy (non-hydrogen) atoms. The van der Waals surface area contributed by atoms with Gasteiger partial charge in [-0.05, 0) is 56.7 Å². The van der Waals surface area contributed by atoms with Gasteiger partial charge in [0, 0.05) is 19.3 Å². The number of nitrogens with two attached hydrogens (primary N) is 1. The fraction of sp³-hybridized carbons (Fsp3) is 0.800. The maximum absolute atomic E-state index is 5.59. The van der Waals surface area contributed by atoms with Gasteiger partial charge in [0.25, 0.3) is 0 Å². The van der Waals surface area contributed by atoms with Crippen LogP contribution in [0.1, 0.15) is 45.4 Å². The van der Waals surface area contributed by atoms with Crippen LogP contribution in [0.2, 0.25) is 0 Å². The van der Waals surface area contributed by atoms with Crippen LogP contribution in [0.15, 0.2) is 17.1 Å². The van der Waals surface area contributed by atoms with Crippen LogP contribution in [-0.4, -0.2) is 36.4 Å². The van der Waals surface area contributed by atoms with Gasteiger partial charge in [0.15, 0.2) is 0 Å². The molecule has 0 aromatic heterocycles. The lowest BCUT2D eigenvalue weighted by atomic mass is 9.89. The van der Waals surface area contributed by atoms with Crippen LogP contribution < -0.4 is 5.73 Å². The molecular weight excluding hydrogens is 222 g/mol. The summed E-state index contributed by atoms with van der Waals surface area (Å²) in [6.45, 7) is 5.47. The van der Waals surface area contributed by atoms with Crippen LogP contribution in [-0.2, 0) is 0 Å². The Morgan fingerprint density at radius 1 is 1.39 bits per heavy atom. The van der Waals surface area contributed by atoms with E-state index in [0.717, 1.165) is 18.9 Å². The summed E-state index contributed by atoms with van der Waals surface area (Å²) in [5.41, 5.74) is 5.59. The van der Waals surface area contributed by atoms with Crippen molar-refractivity contribution in [3.05, 3.63) is 12.2 Å². The van der Waals surface area contributed by atoms with E-state index in [9.17, 15) is 0 Å². The van der Waals surface area contributed by atoms with Crippen LogP contribution in [0.5, 0.6) is 0 Å². The van der Waals surface area contributed by atoms with Gasteiger partial charge >= 0.3 is 0 Å². The number of hydrogen-bond donors (Lipinski definition) is 1. The van der Waals surface area contributed by atoms with Crippen molar-refractivity contribution in [3.8, 4) is 0 Å². The highest BCUT2D eigenvalue weighted by atomic mass is 15.3. The van der Waals surface area contributed by atoms with E-state index in [4.69, 9.17) is 10.7 Å². The zero-order valence-corrected chi connectivity index (χ0v) is 11.6. The summed E-state index contributed by atoms with van der Waals surface area (Å²) >= 11 is 0. The summed E-state index contributed by atoms with van der Waals surface area (Å²) in [5, 5.41) is 0. The van der Waals surface area contributed by atoms with Crippen LogP contribution in [0.4, 0.5) is 0 Å². The maximum atomic E-state index is 5.59. The number of nitrogens with zero attached hydrogens (tertiary/aromatic N) is 2. The second-order valence-corrected chi connectivity index (χ2v) is 5.63. The Bertz CT molecular complexity index is 289. The average Bonchev–Trinajstić information content (AvgIpc) is 2.87. The van der Waals surface area contributed by atoms with Gasteiger partial charge in [-0.2, -0.15) is 0 Å². The predicted octanol–water partition coefficient (Wildman–Crippen LogP) is 2.57. The smallest absolute Gasteiger partial charge is 0.132 e. The van der Waals surface area contributed by atoms with Crippen LogP contribution >= 0.6 is 0 Å². The first-order valence-electron chi connectivity index (χ1n) is 7.49. The number of aliphatic imine (C=N–C) groups is 1. The number of hydrogen-bond acceptors (Lipinski definition) is 3. The molecule has 1 atom stereocenters. The summed E-state index contributed by atoms with van der Waals surface area (Å²) < 4.78 is 0. The Morgan fingerprint density at radius 2 is 2.17 bits per heavy atom. The van der Waals surface area contributed by atoms with Crippen molar-refractivity contribution in [2.24, 2.45) is 16.6 Å². The largest absolute Gasteiger partial charge is 0.330 e. The van der Waals surface area contributed by atoms with E-state index in [1.165, 1.54) is 45.2 Å². The maximum Gasteiger partial charge on any atom is 0.132 e. The van der Waals surface area contributed by atoms with Gasteiger partial charge in [-0.15, -0.1) is 0 Å². The quantitative estimate of drug-likeness (QED) is 0.786. The molecule has 0 amide bonds. The van der Waals surface area contributed by atoms with E-state index in [-0.39, 0.29) is 5.66 Å². The van der Waals surface area contributed by atoms with Crippen molar-refractivity contribution >= 4 is 6.21 Å². The summed E-state index contributed by atoms with van der Waals surface area (Å²) in [5.74, 6) is 0.887. The molecule has 3 nitrogen and oxygen atoms in total. The van der Waals surface area contributed by atoms with E-state index in [1.54, 1.807) is 0 Å². The predicted molar refractivity (Wildman–Crippen MR) is 77.9 cm³/mol. The monoisotopic (exact) mass is 249 g/mol. The zero-order valence-electron chi connectivity index (χ0n) is 11.6. The van der Waals surface area contributed by atoms with Crippen molar-refractivity contribution in [1.29, 1.82) is 0 Å². The topological polar surface area (TPSA) is 41.6 Å². The molecule has 0 spiro atoms. The normalized spacial score (nSPS) is 29.2. The molecule has 0 aromatic carbocycles. The summed E-state index contributed by atoms with van der Waals surface area (Å²) in [6.07, 6.45) is 13.8. The van der Waals surface area contributed by atoms with Gasteiger partial charge in [-0.25, -0.2) is 0 Å². The van der Waals surface area contributed by atoms with Crippen molar-refractivity contribution in [1.82, 2.24) is 4.90 Å². The van der Waals surface area contributed by atoms with Crippen molar-refractivity contribution in [2.45, 2.75) is 51.1 Å². The first-order valence-corrected chi connectivity index (χ1v) is 7.49. The molecule has 2 aliphatic heterocycles. The highest BCUT2D eigenvalue weighted by Gasteiger charge is 2.36. The standard InChI is InChI=1S/C15H27N3/c1-2-8-15(9-4-11-17-15)18-12-6-14(7-13-18)5-3-10-16/h4,9,11,14H,2-3,5-8,10,12-13,16H2,1H3. The van der Waals surface area contributed by atoms with Gasteiger partial charge < -0.3 is 5.73 Å². The molecule has 2 heterocycles. The summed E-state index contributed by atoms with van der Waals surface area (Å²) in [4.78, 5) is 7.32. The SMILES string of the molecule is CCCC1(N2CCC(CCCN)CC2)C=CC=N1. The molecule has 102 valence electrons. The summed E-state index contributed by atoms with van der Waals surface area (Å²) in [6, 6.07) is 0. The van der Waals surface area contributed by atoms with Gasteiger partial charge in [-0.1, -0.05) is 13.3 Å². The highest BCUT2D eigenvalue weighted by molar-refractivity contribution is 5.75. The zero-order chi connectivity index (χ0) is 12.8. The molecule has 0 aromatic rings. The molecule has 0 aliphatic carbocycles. The van der Waals surface area contributed by atoms with Gasteiger partial charge in [0.2, 0.25) is 0 Å². The molecule has 0 saturated carbocycles. The number of rotatable bonds is 6. The lowest BCUT2D eigenvalue weighted by Crippen LogP contribution is -2.49. The Labute approximate surface area is 111 Å². The fourth-order valence-electron chi connectivity index (χ4n) is 3.29. The average molecular weight is 249 g/mol. The van der Waals surface area contributed by atoms with E-state index in [0.29, 0.717) is 0 Å². The van der Waals surface area contributed by atoms with Crippen LogP contribution in [0.3, 0.4) is 0 Å². The lowest BCUT2D eigenvalue weighted by Gasteiger charge is -2.42. The first kappa shape index (κ1) is 13.8. The Morgan fingerprint density at radius 3 is 2.72 bits per heavy atom. The van der Waals surface area contributed by atoms with Crippen molar-refractivity contribution in [2.75, 3.05) is 19.6 Å².